The lowest BCUT2D eigenvalue weighted by Gasteiger charge is -2.19. The molecule has 0 aliphatic rings. The highest BCUT2D eigenvalue weighted by atomic mass is 35.5. The van der Waals surface area contributed by atoms with Crippen LogP contribution in [0.25, 0.3) is 0 Å². The van der Waals surface area contributed by atoms with Gasteiger partial charge < -0.3 is 5.11 Å². The van der Waals surface area contributed by atoms with Gasteiger partial charge in [-0.25, -0.2) is 0 Å². The largest absolute Gasteiger partial charge is 0.384 e. The van der Waals surface area contributed by atoms with Gasteiger partial charge in [-0.2, -0.15) is 0 Å². The molecular weight excluding hydrogens is 256 g/mol. The van der Waals surface area contributed by atoms with Gasteiger partial charge >= 0.3 is 0 Å². The lowest BCUT2D eigenvalue weighted by molar-refractivity contribution is 0.218. The summed E-state index contributed by atoms with van der Waals surface area (Å²) in [6.45, 7) is 8.14. The SMILES string of the molecule is Cc1cc(C)c(C(O)c2ccc(Cl)cc2C)c(C)c1. The Balaban J connectivity index is 2.53. The van der Waals surface area contributed by atoms with Gasteiger partial charge in [-0.15, -0.1) is 0 Å². The van der Waals surface area contributed by atoms with Crippen molar-refractivity contribution in [3.63, 3.8) is 0 Å². The Morgan fingerprint density at radius 1 is 0.895 bits per heavy atom. The molecular formula is C17H19ClO. The third-order valence-electron chi connectivity index (χ3n) is 3.54. The van der Waals surface area contributed by atoms with Crippen molar-refractivity contribution in [3.05, 3.63) is 68.7 Å². The summed E-state index contributed by atoms with van der Waals surface area (Å²) < 4.78 is 0. The van der Waals surface area contributed by atoms with Crippen LogP contribution < -0.4 is 0 Å². The predicted octanol–water partition coefficient (Wildman–Crippen LogP) is 4.66. The summed E-state index contributed by atoms with van der Waals surface area (Å²) in [7, 11) is 0. The molecule has 0 fully saturated rings. The molecule has 2 heteroatoms. The Morgan fingerprint density at radius 2 is 1.47 bits per heavy atom. The molecule has 0 aromatic heterocycles. The van der Waals surface area contributed by atoms with Crippen molar-refractivity contribution in [2.24, 2.45) is 0 Å². The number of halogens is 1. The number of rotatable bonds is 2. The molecule has 1 N–H and O–H groups in total. The minimum Gasteiger partial charge on any atom is -0.384 e. The van der Waals surface area contributed by atoms with Crippen LogP contribution in [0.4, 0.5) is 0 Å². The Hall–Kier alpha value is -1.31. The molecule has 0 aliphatic carbocycles. The summed E-state index contributed by atoms with van der Waals surface area (Å²) in [5.41, 5.74) is 6.40. The van der Waals surface area contributed by atoms with Crippen LogP contribution in [0.1, 0.15) is 39.5 Å². The summed E-state index contributed by atoms with van der Waals surface area (Å²) in [5, 5.41) is 11.4. The van der Waals surface area contributed by atoms with Gasteiger partial charge in [0.05, 0.1) is 0 Å². The van der Waals surface area contributed by atoms with Crippen molar-refractivity contribution < 1.29 is 5.11 Å². The molecule has 19 heavy (non-hydrogen) atoms. The van der Waals surface area contributed by atoms with Crippen molar-refractivity contribution in [1.29, 1.82) is 0 Å². The van der Waals surface area contributed by atoms with E-state index in [0.717, 1.165) is 27.8 Å². The van der Waals surface area contributed by atoms with E-state index in [-0.39, 0.29) is 0 Å². The van der Waals surface area contributed by atoms with Crippen LogP contribution in [-0.4, -0.2) is 5.11 Å². The molecule has 0 spiro atoms. The Labute approximate surface area is 119 Å². The second kappa shape index (κ2) is 5.36. The number of aliphatic hydroxyl groups is 1. The standard InChI is InChI=1S/C17H19ClO/c1-10-7-12(3)16(13(4)8-10)17(19)15-6-5-14(18)9-11(15)2/h5-9,17,19H,1-4H3. The predicted molar refractivity (Wildman–Crippen MR) is 80.9 cm³/mol. The van der Waals surface area contributed by atoms with Crippen molar-refractivity contribution in [3.8, 4) is 0 Å². The highest BCUT2D eigenvalue weighted by molar-refractivity contribution is 6.30. The summed E-state index contributed by atoms with van der Waals surface area (Å²) in [4.78, 5) is 0. The van der Waals surface area contributed by atoms with E-state index in [9.17, 15) is 5.11 Å². The molecule has 1 nitrogen and oxygen atoms in total. The fraction of sp³-hybridized carbons (Fsp3) is 0.294. The average Bonchev–Trinajstić information content (AvgIpc) is 2.26. The summed E-state index contributed by atoms with van der Waals surface area (Å²) >= 11 is 5.97. The van der Waals surface area contributed by atoms with Crippen molar-refractivity contribution in [1.82, 2.24) is 0 Å². The van der Waals surface area contributed by atoms with Crippen molar-refractivity contribution >= 4 is 11.6 Å². The molecule has 0 radical (unpaired) electrons. The van der Waals surface area contributed by atoms with Crippen LogP contribution >= 0.6 is 11.6 Å². The summed E-state index contributed by atoms with van der Waals surface area (Å²) in [6.07, 6.45) is -0.599. The number of benzene rings is 2. The summed E-state index contributed by atoms with van der Waals surface area (Å²) in [5.74, 6) is 0. The number of hydrogen-bond acceptors (Lipinski definition) is 1. The van der Waals surface area contributed by atoms with Crippen LogP contribution in [0, 0.1) is 27.7 Å². The number of aliphatic hydroxyl groups excluding tert-OH is 1. The minimum atomic E-state index is -0.599. The van der Waals surface area contributed by atoms with Gasteiger partial charge in [-0.05, 0) is 67.6 Å². The first-order valence-electron chi connectivity index (χ1n) is 6.42. The highest BCUT2D eigenvalue weighted by Gasteiger charge is 2.17. The minimum absolute atomic E-state index is 0.599. The van der Waals surface area contributed by atoms with E-state index in [0.29, 0.717) is 5.02 Å². The van der Waals surface area contributed by atoms with Crippen LogP contribution in [0.5, 0.6) is 0 Å². The third-order valence-corrected chi connectivity index (χ3v) is 3.77. The van der Waals surface area contributed by atoms with Crippen molar-refractivity contribution in [2.45, 2.75) is 33.8 Å². The molecule has 2 aromatic carbocycles. The molecule has 1 unspecified atom stereocenters. The quantitative estimate of drug-likeness (QED) is 0.845. The van der Waals surface area contributed by atoms with E-state index in [2.05, 4.69) is 19.1 Å². The zero-order chi connectivity index (χ0) is 14.2. The molecule has 1 atom stereocenters. The lowest BCUT2D eigenvalue weighted by atomic mass is 9.90. The zero-order valence-corrected chi connectivity index (χ0v) is 12.5. The van der Waals surface area contributed by atoms with Crippen LogP contribution in [-0.2, 0) is 0 Å². The normalized spacial score (nSPS) is 12.5. The van der Waals surface area contributed by atoms with Crippen LogP contribution in [0.15, 0.2) is 30.3 Å². The van der Waals surface area contributed by atoms with Gasteiger partial charge in [0.15, 0.2) is 0 Å². The molecule has 0 saturated heterocycles. The van der Waals surface area contributed by atoms with Crippen LogP contribution in [0.3, 0.4) is 0 Å². The van der Waals surface area contributed by atoms with Crippen molar-refractivity contribution in [2.75, 3.05) is 0 Å². The van der Waals surface area contributed by atoms with E-state index in [1.807, 2.05) is 39.0 Å². The molecule has 0 saturated carbocycles. The topological polar surface area (TPSA) is 20.2 Å². The second-order valence-electron chi connectivity index (χ2n) is 5.22. The molecule has 2 aromatic rings. The Kier molecular flexibility index (Phi) is 3.98. The first-order valence-corrected chi connectivity index (χ1v) is 6.80. The summed E-state index contributed by atoms with van der Waals surface area (Å²) in [6, 6.07) is 9.83. The van der Waals surface area contributed by atoms with E-state index in [1.54, 1.807) is 0 Å². The lowest BCUT2D eigenvalue weighted by Crippen LogP contribution is -2.06. The number of aryl methyl sites for hydroxylation is 4. The highest BCUT2D eigenvalue weighted by Crippen LogP contribution is 2.31. The third kappa shape index (κ3) is 2.83. The Bertz CT molecular complexity index is 594. The fourth-order valence-electron chi connectivity index (χ4n) is 2.72. The average molecular weight is 275 g/mol. The zero-order valence-electron chi connectivity index (χ0n) is 11.8. The smallest absolute Gasteiger partial charge is 0.105 e. The Morgan fingerprint density at radius 3 is 2.00 bits per heavy atom. The molecule has 0 bridgehead atoms. The van der Waals surface area contributed by atoms with Crippen LogP contribution in [0.2, 0.25) is 5.02 Å². The van der Waals surface area contributed by atoms with Gasteiger partial charge in [-0.3, -0.25) is 0 Å². The molecule has 100 valence electrons. The van der Waals surface area contributed by atoms with Gasteiger partial charge in [0.2, 0.25) is 0 Å². The maximum atomic E-state index is 10.7. The first-order chi connectivity index (χ1) is 8.90. The fourth-order valence-corrected chi connectivity index (χ4v) is 2.95. The van der Waals surface area contributed by atoms with Gasteiger partial charge in [-0.1, -0.05) is 35.4 Å². The maximum absolute atomic E-state index is 10.7. The van der Waals surface area contributed by atoms with Gasteiger partial charge in [0.1, 0.15) is 6.10 Å². The monoisotopic (exact) mass is 274 g/mol. The van der Waals surface area contributed by atoms with E-state index >= 15 is 0 Å². The van der Waals surface area contributed by atoms with E-state index < -0.39 is 6.10 Å². The van der Waals surface area contributed by atoms with Gasteiger partial charge in [0, 0.05) is 5.02 Å². The number of hydrogen-bond donors (Lipinski definition) is 1. The van der Waals surface area contributed by atoms with E-state index in [1.165, 1.54) is 5.56 Å². The van der Waals surface area contributed by atoms with Gasteiger partial charge in [0.25, 0.3) is 0 Å². The second-order valence-corrected chi connectivity index (χ2v) is 5.65. The molecule has 0 amide bonds. The molecule has 2 rings (SSSR count). The molecule has 0 aliphatic heterocycles. The van der Waals surface area contributed by atoms with E-state index in [4.69, 9.17) is 11.6 Å². The first kappa shape index (κ1) is 14.1. The molecule has 0 heterocycles. The maximum Gasteiger partial charge on any atom is 0.105 e.